The molecule has 0 atom stereocenters. The Morgan fingerprint density at radius 2 is 2.13 bits per heavy atom. The zero-order valence-corrected chi connectivity index (χ0v) is 8.08. The minimum Gasteiger partial charge on any atom is -0.281 e. The Morgan fingerprint density at radius 1 is 1.27 bits per heavy atom. The van der Waals surface area contributed by atoms with Crippen molar-refractivity contribution in [3.63, 3.8) is 0 Å². The first-order valence-electron chi connectivity index (χ1n) is 4.56. The number of nitrogens with zero attached hydrogens (tertiary/aromatic N) is 4. The molecule has 15 heavy (non-hydrogen) atoms. The predicted molar refractivity (Wildman–Crippen MR) is 55.7 cm³/mol. The van der Waals surface area contributed by atoms with E-state index in [1.54, 1.807) is 42.2 Å². The summed E-state index contributed by atoms with van der Waals surface area (Å²) in [4.78, 5) is 20.2. The van der Waals surface area contributed by atoms with Crippen molar-refractivity contribution < 1.29 is 0 Å². The molecule has 3 aromatic heterocycles. The van der Waals surface area contributed by atoms with Gasteiger partial charge in [-0.25, -0.2) is 9.97 Å². The maximum Gasteiger partial charge on any atom is 0.264 e. The normalized spacial score (nSPS) is 11.3. The topological polar surface area (TPSA) is 52.2 Å². The van der Waals surface area contributed by atoms with Gasteiger partial charge < -0.3 is 0 Å². The average molecular weight is 200 g/mol. The third-order valence-electron chi connectivity index (χ3n) is 2.47. The second-order valence-electron chi connectivity index (χ2n) is 3.34. The Hall–Kier alpha value is -2.17. The molecule has 0 bridgehead atoms. The Labute approximate surface area is 84.6 Å². The lowest BCUT2D eigenvalue weighted by atomic mass is 10.3. The van der Waals surface area contributed by atoms with E-state index in [-0.39, 0.29) is 5.56 Å². The van der Waals surface area contributed by atoms with Crippen LogP contribution in [0.1, 0.15) is 0 Å². The fourth-order valence-electron chi connectivity index (χ4n) is 1.74. The predicted octanol–water partition coefficient (Wildman–Crippen LogP) is 0.581. The molecule has 3 aromatic rings. The largest absolute Gasteiger partial charge is 0.281 e. The molecule has 74 valence electrons. The summed E-state index contributed by atoms with van der Waals surface area (Å²) in [5.74, 6) is 0.603. The first kappa shape index (κ1) is 8.16. The molecular weight excluding hydrogens is 192 g/mol. The van der Waals surface area contributed by atoms with Crippen LogP contribution >= 0.6 is 0 Å². The highest BCUT2D eigenvalue weighted by molar-refractivity contribution is 5.75. The molecule has 0 saturated heterocycles. The summed E-state index contributed by atoms with van der Waals surface area (Å²) >= 11 is 0. The van der Waals surface area contributed by atoms with Crippen molar-refractivity contribution in [1.29, 1.82) is 0 Å². The standard InChI is InChI=1S/C10H8N4O/c1-13-9(15)7-3-2-4-11-8(7)14-6-5-12-10(13)14/h2-6H,1H3. The van der Waals surface area contributed by atoms with Gasteiger partial charge in [-0.3, -0.25) is 13.8 Å². The van der Waals surface area contributed by atoms with Crippen molar-refractivity contribution in [2.75, 3.05) is 0 Å². The number of pyridine rings is 1. The Bertz CT molecular complexity index is 710. The lowest BCUT2D eigenvalue weighted by Gasteiger charge is -2.04. The molecule has 0 fully saturated rings. The second kappa shape index (κ2) is 2.66. The first-order valence-corrected chi connectivity index (χ1v) is 4.56. The van der Waals surface area contributed by atoms with Crippen molar-refractivity contribution in [2.45, 2.75) is 0 Å². The van der Waals surface area contributed by atoms with Crippen LogP contribution in [0.4, 0.5) is 0 Å². The summed E-state index contributed by atoms with van der Waals surface area (Å²) in [6.07, 6.45) is 5.12. The van der Waals surface area contributed by atoms with E-state index >= 15 is 0 Å². The zero-order valence-electron chi connectivity index (χ0n) is 8.08. The zero-order chi connectivity index (χ0) is 10.4. The van der Waals surface area contributed by atoms with E-state index < -0.39 is 0 Å². The summed E-state index contributed by atoms with van der Waals surface area (Å²) in [5, 5.41) is 0.602. The summed E-state index contributed by atoms with van der Waals surface area (Å²) in [6, 6.07) is 3.52. The molecule has 0 spiro atoms. The molecule has 3 heterocycles. The molecule has 0 N–H and O–H groups in total. The van der Waals surface area contributed by atoms with Crippen LogP contribution < -0.4 is 5.56 Å². The van der Waals surface area contributed by atoms with E-state index in [1.165, 1.54) is 4.57 Å². The van der Waals surface area contributed by atoms with Crippen LogP contribution in [-0.4, -0.2) is 18.9 Å². The number of aromatic nitrogens is 4. The third kappa shape index (κ3) is 0.942. The summed E-state index contributed by atoms with van der Waals surface area (Å²) in [5.41, 5.74) is 0.574. The maximum absolute atomic E-state index is 11.9. The molecule has 0 aromatic carbocycles. The van der Waals surface area contributed by atoms with Crippen molar-refractivity contribution in [1.82, 2.24) is 18.9 Å². The molecule has 0 aliphatic carbocycles. The van der Waals surface area contributed by atoms with E-state index in [0.29, 0.717) is 16.8 Å². The molecule has 0 amide bonds. The van der Waals surface area contributed by atoms with Crippen LogP contribution in [0.25, 0.3) is 16.8 Å². The van der Waals surface area contributed by atoms with E-state index in [4.69, 9.17) is 0 Å². The SMILES string of the molecule is Cn1c(=O)c2cccnc2n2ccnc12. The van der Waals surface area contributed by atoms with Gasteiger partial charge in [0.15, 0.2) is 5.65 Å². The van der Waals surface area contributed by atoms with Gasteiger partial charge in [0, 0.05) is 25.6 Å². The number of fused-ring (bicyclic) bond motifs is 3. The fourth-order valence-corrected chi connectivity index (χ4v) is 1.74. The van der Waals surface area contributed by atoms with Crippen LogP contribution in [0.2, 0.25) is 0 Å². The van der Waals surface area contributed by atoms with E-state index in [1.807, 2.05) is 0 Å². The van der Waals surface area contributed by atoms with Gasteiger partial charge >= 0.3 is 0 Å². The fraction of sp³-hybridized carbons (Fsp3) is 0.100. The van der Waals surface area contributed by atoms with Gasteiger partial charge in [0.05, 0.1) is 5.39 Å². The van der Waals surface area contributed by atoms with Gasteiger partial charge in [0.25, 0.3) is 5.56 Å². The van der Waals surface area contributed by atoms with E-state index in [0.717, 1.165) is 0 Å². The quantitative estimate of drug-likeness (QED) is 0.533. The lowest BCUT2D eigenvalue weighted by Crippen LogP contribution is -2.20. The lowest BCUT2D eigenvalue weighted by molar-refractivity contribution is 0.860. The van der Waals surface area contributed by atoms with E-state index in [2.05, 4.69) is 9.97 Å². The minimum atomic E-state index is -0.0724. The highest BCUT2D eigenvalue weighted by Crippen LogP contribution is 2.08. The van der Waals surface area contributed by atoms with Crippen LogP contribution in [0.5, 0.6) is 0 Å². The summed E-state index contributed by atoms with van der Waals surface area (Å²) in [7, 11) is 1.71. The molecule has 0 unspecified atom stereocenters. The van der Waals surface area contributed by atoms with E-state index in [9.17, 15) is 4.79 Å². The van der Waals surface area contributed by atoms with Gasteiger partial charge in [0.2, 0.25) is 5.78 Å². The van der Waals surface area contributed by atoms with Crippen molar-refractivity contribution in [2.24, 2.45) is 7.05 Å². The number of hydrogen-bond acceptors (Lipinski definition) is 3. The molecule has 0 radical (unpaired) electrons. The molecule has 0 aliphatic heterocycles. The van der Waals surface area contributed by atoms with Crippen molar-refractivity contribution >= 4 is 16.8 Å². The highest BCUT2D eigenvalue weighted by Gasteiger charge is 2.08. The smallest absolute Gasteiger partial charge is 0.264 e. The monoisotopic (exact) mass is 200 g/mol. The number of imidazole rings is 1. The first-order chi connectivity index (χ1) is 7.29. The molecule has 3 rings (SSSR count). The minimum absolute atomic E-state index is 0.0724. The number of hydrogen-bond donors (Lipinski definition) is 0. The van der Waals surface area contributed by atoms with Gasteiger partial charge in [0.1, 0.15) is 0 Å². The van der Waals surface area contributed by atoms with Crippen LogP contribution in [0.3, 0.4) is 0 Å². The average Bonchev–Trinajstić information content (AvgIpc) is 2.75. The molecule has 0 aliphatic rings. The van der Waals surface area contributed by atoms with Crippen LogP contribution in [0.15, 0.2) is 35.5 Å². The molecular formula is C10H8N4O. The number of aryl methyl sites for hydroxylation is 1. The third-order valence-corrected chi connectivity index (χ3v) is 2.47. The van der Waals surface area contributed by atoms with Crippen LogP contribution in [-0.2, 0) is 7.05 Å². The van der Waals surface area contributed by atoms with Crippen LogP contribution in [0, 0.1) is 0 Å². The Kier molecular flexibility index (Phi) is 1.45. The van der Waals surface area contributed by atoms with Gasteiger partial charge in [-0.1, -0.05) is 0 Å². The summed E-state index contributed by atoms with van der Waals surface area (Å²) < 4.78 is 3.32. The maximum atomic E-state index is 11.9. The van der Waals surface area contributed by atoms with Gasteiger partial charge in [-0.05, 0) is 12.1 Å². The molecule has 5 nitrogen and oxygen atoms in total. The number of rotatable bonds is 0. The van der Waals surface area contributed by atoms with Gasteiger partial charge in [-0.2, -0.15) is 0 Å². The summed E-state index contributed by atoms with van der Waals surface area (Å²) in [6.45, 7) is 0. The van der Waals surface area contributed by atoms with Gasteiger partial charge in [-0.15, -0.1) is 0 Å². The Morgan fingerprint density at radius 3 is 3.00 bits per heavy atom. The van der Waals surface area contributed by atoms with Crippen molar-refractivity contribution in [3.05, 3.63) is 41.1 Å². The molecule has 5 heteroatoms. The highest BCUT2D eigenvalue weighted by atomic mass is 16.1. The Balaban J connectivity index is 2.77. The van der Waals surface area contributed by atoms with Crippen molar-refractivity contribution in [3.8, 4) is 0 Å². The molecule has 0 saturated carbocycles. The second-order valence-corrected chi connectivity index (χ2v) is 3.34.